The number of hydrogen-bond donors (Lipinski definition) is 2. The van der Waals surface area contributed by atoms with Crippen LogP contribution in [0.5, 0.6) is 0 Å². The molecule has 7 nitrogen and oxygen atoms in total. The molecule has 9 heteroatoms. The van der Waals surface area contributed by atoms with Crippen LogP contribution < -0.4 is 15.4 Å². The van der Waals surface area contributed by atoms with E-state index < -0.39 is 10.0 Å². The number of primary sulfonamides is 1. The fourth-order valence-electron chi connectivity index (χ4n) is 3.13. The molecule has 3 rings (SSSR count). The molecule has 0 aromatic heterocycles. The molecule has 0 saturated carbocycles. The number of rotatable bonds is 6. The number of sulfonamides is 1. The smallest absolute Gasteiger partial charge is 0.238 e. The van der Waals surface area contributed by atoms with E-state index in [2.05, 4.69) is 5.32 Å². The Labute approximate surface area is 174 Å². The Hall–Kier alpha value is -2.36. The van der Waals surface area contributed by atoms with Crippen molar-refractivity contribution in [3.05, 3.63) is 54.1 Å². The molecule has 154 valence electrons. The molecule has 3 N–H and O–H groups in total. The van der Waals surface area contributed by atoms with Gasteiger partial charge in [0.15, 0.2) is 0 Å². The fourth-order valence-corrected chi connectivity index (χ4v) is 4.64. The largest absolute Gasteiger partial charge is 0.350 e. The van der Waals surface area contributed by atoms with Gasteiger partial charge in [-0.1, -0.05) is 24.3 Å². The zero-order valence-corrected chi connectivity index (χ0v) is 17.6. The van der Waals surface area contributed by atoms with E-state index in [9.17, 15) is 18.0 Å². The summed E-state index contributed by atoms with van der Waals surface area (Å²) in [7, 11) is -3.75. The molecule has 1 aliphatic heterocycles. The minimum absolute atomic E-state index is 0.0188. The molecule has 1 aliphatic rings. The van der Waals surface area contributed by atoms with Crippen LogP contribution in [0.2, 0.25) is 0 Å². The number of para-hydroxylation sites is 1. The van der Waals surface area contributed by atoms with Crippen molar-refractivity contribution in [2.75, 3.05) is 17.2 Å². The summed E-state index contributed by atoms with van der Waals surface area (Å²) in [6.07, 6.45) is 0.214. The lowest BCUT2D eigenvalue weighted by molar-refractivity contribution is -0.125. The molecule has 0 saturated heterocycles. The second-order valence-corrected chi connectivity index (χ2v) is 9.46. The summed E-state index contributed by atoms with van der Waals surface area (Å²) in [5.74, 6) is 0.527. The first-order valence-corrected chi connectivity index (χ1v) is 11.7. The molecule has 0 bridgehead atoms. The number of amides is 2. The highest BCUT2D eigenvalue weighted by atomic mass is 32.2. The van der Waals surface area contributed by atoms with Crippen LogP contribution in [0, 0.1) is 0 Å². The topological polar surface area (TPSA) is 110 Å². The van der Waals surface area contributed by atoms with Crippen LogP contribution in [0.25, 0.3) is 0 Å². The molecule has 2 amide bonds. The number of nitrogens with one attached hydrogen (secondary N) is 1. The van der Waals surface area contributed by atoms with Crippen molar-refractivity contribution >= 4 is 39.3 Å². The molecule has 1 unspecified atom stereocenters. The third-order valence-corrected chi connectivity index (χ3v) is 6.65. The Balaban J connectivity index is 1.54. The van der Waals surface area contributed by atoms with Gasteiger partial charge in [0.25, 0.3) is 0 Å². The Bertz CT molecular complexity index is 1010. The summed E-state index contributed by atoms with van der Waals surface area (Å²) in [4.78, 5) is 27.7. The Morgan fingerprint density at radius 1 is 1.14 bits per heavy atom. The standard InChI is InChI=1S/C20H23N3O4S2/c1-14(15-6-8-16(9-7-15)29(21,26)27)22-19(24)10-11-20(25)23-12-13-28-18-5-3-2-4-17(18)23/h2-9,14H,10-13H2,1H3,(H,22,24)(H2,21,26,27). The molecule has 0 aliphatic carbocycles. The Kier molecular flexibility index (Phi) is 6.61. The van der Waals surface area contributed by atoms with Crippen molar-refractivity contribution in [3.63, 3.8) is 0 Å². The molecule has 0 fully saturated rings. The fraction of sp³-hybridized carbons (Fsp3) is 0.300. The predicted molar refractivity (Wildman–Crippen MR) is 113 cm³/mol. The maximum Gasteiger partial charge on any atom is 0.238 e. The van der Waals surface area contributed by atoms with Gasteiger partial charge in [-0.2, -0.15) is 0 Å². The summed E-state index contributed by atoms with van der Waals surface area (Å²) in [5, 5.41) is 7.93. The molecule has 2 aromatic rings. The van der Waals surface area contributed by atoms with E-state index in [1.807, 2.05) is 24.3 Å². The molecular formula is C20H23N3O4S2. The van der Waals surface area contributed by atoms with Crippen LogP contribution >= 0.6 is 11.8 Å². The Morgan fingerprint density at radius 3 is 2.52 bits per heavy atom. The van der Waals surface area contributed by atoms with Gasteiger partial charge in [0.2, 0.25) is 21.8 Å². The van der Waals surface area contributed by atoms with E-state index in [1.165, 1.54) is 12.1 Å². The number of carbonyl (C=O) groups is 2. The quantitative estimate of drug-likeness (QED) is 0.727. The third-order valence-electron chi connectivity index (χ3n) is 4.68. The van der Waals surface area contributed by atoms with Crippen molar-refractivity contribution in [2.24, 2.45) is 5.14 Å². The van der Waals surface area contributed by atoms with E-state index in [0.29, 0.717) is 6.54 Å². The maximum atomic E-state index is 12.6. The van der Waals surface area contributed by atoms with Crippen molar-refractivity contribution < 1.29 is 18.0 Å². The first kappa shape index (κ1) is 21.4. The number of fused-ring (bicyclic) bond motifs is 1. The van der Waals surface area contributed by atoms with Gasteiger partial charge in [-0.3, -0.25) is 9.59 Å². The number of carbonyl (C=O) groups excluding carboxylic acids is 2. The lowest BCUT2D eigenvalue weighted by Crippen LogP contribution is -2.36. The summed E-state index contributed by atoms with van der Waals surface area (Å²) in [5.41, 5.74) is 1.65. The van der Waals surface area contributed by atoms with Crippen LogP contribution in [0.15, 0.2) is 58.3 Å². The first-order chi connectivity index (χ1) is 13.8. The average molecular weight is 434 g/mol. The van der Waals surface area contributed by atoms with Gasteiger partial charge in [-0.05, 0) is 36.8 Å². The molecule has 1 atom stereocenters. The summed E-state index contributed by atoms with van der Waals surface area (Å²) in [6.45, 7) is 2.43. The van der Waals surface area contributed by atoms with E-state index in [0.717, 1.165) is 21.9 Å². The average Bonchev–Trinajstić information content (AvgIpc) is 2.71. The molecule has 0 spiro atoms. The van der Waals surface area contributed by atoms with Crippen molar-refractivity contribution in [1.29, 1.82) is 0 Å². The summed E-state index contributed by atoms with van der Waals surface area (Å²) in [6, 6.07) is 13.5. The zero-order valence-electron chi connectivity index (χ0n) is 16.0. The minimum atomic E-state index is -3.75. The second-order valence-electron chi connectivity index (χ2n) is 6.76. The number of nitrogens with zero attached hydrogens (tertiary/aromatic N) is 1. The van der Waals surface area contributed by atoms with Crippen molar-refractivity contribution in [3.8, 4) is 0 Å². The van der Waals surface area contributed by atoms with Gasteiger partial charge in [0.1, 0.15) is 0 Å². The van der Waals surface area contributed by atoms with Crippen LogP contribution in [0.3, 0.4) is 0 Å². The number of hydrogen-bond acceptors (Lipinski definition) is 5. The van der Waals surface area contributed by atoms with Gasteiger partial charge < -0.3 is 10.2 Å². The molecule has 29 heavy (non-hydrogen) atoms. The second kappa shape index (κ2) is 8.98. The van der Waals surface area contributed by atoms with Gasteiger partial charge in [-0.25, -0.2) is 13.6 Å². The van der Waals surface area contributed by atoms with Crippen LogP contribution in [-0.2, 0) is 19.6 Å². The summed E-state index contributed by atoms with van der Waals surface area (Å²) < 4.78 is 22.6. The van der Waals surface area contributed by atoms with E-state index in [-0.39, 0.29) is 35.6 Å². The van der Waals surface area contributed by atoms with E-state index >= 15 is 0 Å². The first-order valence-electron chi connectivity index (χ1n) is 9.20. The minimum Gasteiger partial charge on any atom is -0.350 e. The number of nitrogens with two attached hydrogens (primary N) is 1. The summed E-state index contributed by atoms with van der Waals surface area (Å²) >= 11 is 1.72. The monoisotopic (exact) mass is 433 g/mol. The lowest BCUT2D eigenvalue weighted by atomic mass is 10.1. The molecule has 1 heterocycles. The van der Waals surface area contributed by atoms with E-state index in [1.54, 1.807) is 35.7 Å². The van der Waals surface area contributed by atoms with Crippen LogP contribution in [0.4, 0.5) is 5.69 Å². The Morgan fingerprint density at radius 2 is 1.83 bits per heavy atom. The van der Waals surface area contributed by atoms with Gasteiger partial charge >= 0.3 is 0 Å². The highest BCUT2D eigenvalue weighted by Crippen LogP contribution is 2.34. The van der Waals surface area contributed by atoms with Gasteiger partial charge in [0, 0.05) is 30.0 Å². The normalized spacial score (nSPS) is 14.8. The van der Waals surface area contributed by atoms with Gasteiger partial charge in [0.05, 0.1) is 16.6 Å². The third kappa shape index (κ3) is 5.37. The lowest BCUT2D eigenvalue weighted by Gasteiger charge is -2.29. The molecular weight excluding hydrogens is 410 g/mol. The van der Waals surface area contributed by atoms with Gasteiger partial charge in [-0.15, -0.1) is 11.8 Å². The van der Waals surface area contributed by atoms with Crippen molar-refractivity contribution in [2.45, 2.75) is 35.6 Å². The number of anilines is 1. The van der Waals surface area contributed by atoms with E-state index in [4.69, 9.17) is 5.14 Å². The predicted octanol–water partition coefficient (Wildman–Crippen LogP) is 2.43. The number of thioether (sulfide) groups is 1. The highest BCUT2D eigenvalue weighted by Gasteiger charge is 2.23. The molecule has 2 aromatic carbocycles. The number of benzene rings is 2. The van der Waals surface area contributed by atoms with Crippen LogP contribution in [-0.4, -0.2) is 32.5 Å². The maximum absolute atomic E-state index is 12.6. The SMILES string of the molecule is CC(NC(=O)CCC(=O)N1CCSc2ccccc21)c1ccc(S(N)(=O)=O)cc1. The highest BCUT2D eigenvalue weighted by molar-refractivity contribution is 7.99. The van der Waals surface area contributed by atoms with Crippen molar-refractivity contribution in [1.82, 2.24) is 5.32 Å². The zero-order chi connectivity index (χ0) is 21.0. The molecule has 0 radical (unpaired) electrons. The van der Waals surface area contributed by atoms with Crippen LogP contribution in [0.1, 0.15) is 31.4 Å².